The minimum atomic E-state index is -0.859. The summed E-state index contributed by atoms with van der Waals surface area (Å²) < 4.78 is 47.0. The second-order valence-corrected chi connectivity index (χ2v) is 13.3. The lowest BCUT2D eigenvalue weighted by atomic mass is 9.91. The lowest BCUT2D eigenvalue weighted by Gasteiger charge is -2.23. The Kier molecular flexibility index (Phi) is 8.49. The van der Waals surface area contributed by atoms with Crippen molar-refractivity contribution >= 4 is 16.9 Å². The number of aromatic amines is 1. The summed E-state index contributed by atoms with van der Waals surface area (Å²) in [5.41, 5.74) is 3.76. The molecule has 3 aromatic heterocycles. The summed E-state index contributed by atoms with van der Waals surface area (Å²) in [6, 6.07) is 16.7. The molecule has 0 radical (unpaired) electrons. The average molecular weight is 667 g/mol. The van der Waals surface area contributed by atoms with Gasteiger partial charge >= 0.3 is 5.97 Å². The first kappa shape index (κ1) is 32.2. The number of carboxylic acid groups (broad SMARTS) is 1. The molecule has 1 aliphatic heterocycles. The minimum Gasteiger partial charge on any atom is -0.481 e. The lowest BCUT2D eigenvalue weighted by Crippen LogP contribution is -2.26. The molecular formula is C37H36F2N6O4. The quantitative estimate of drug-likeness (QED) is 0.203. The SMILES string of the molecule is CC(Cc1cccc(C2CCOCC(C)(C)c3cn(nn3)Cc3c(c(F)cc4[nH]ccc34)Oc3ccc(F)c(c3)-c3ccn2n3)c1)C(=O)O. The molecule has 0 saturated heterocycles. The van der Waals surface area contributed by atoms with Gasteiger partial charge in [-0.1, -0.05) is 50.3 Å². The van der Waals surface area contributed by atoms with Gasteiger partial charge in [-0.3, -0.25) is 9.48 Å². The average Bonchev–Trinajstić information content (AvgIpc) is 3.85. The van der Waals surface area contributed by atoms with E-state index in [1.54, 1.807) is 34.7 Å². The summed E-state index contributed by atoms with van der Waals surface area (Å²) in [7, 11) is 0. The van der Waals surface area contributed by atoms with E-state index in [4.69, 9.17) is 14.6 Å². The molecule has 0 saturated carbocycles. The molecule has 4 heterocycles. The number of halogens is 2. The van der Waals surface area contributed by atoms with E-state index in [2.05, 4.69) is 15.3 Å². The number of nitrogens with zero attached hydrogens (tertiary/aromatic N) is 5. The minimum absolute atomic E-state index is 0.00455. The molecule has 0 aliphatic carbocycles. The number of aromatic nitrogens is 6. The van der Waals surface area contributed by atoms with Crippen LogP contribution in [0.5, 0.6) is 11.5 Å². The Balaban J connectivity index is 1.32. The zero-order valence-electron chi connectivity index (χ0n) is 27.4. The van der Waals surface area contributed by atoms with Gasteiger partial charge in [-0.15, -0.1) is 5.10 Å². The molecule has 2 N–H and O–H groups in total. The third-order valence-electron chi connectivity index (χ3n) is 9.08. The van der Waals surface area contributed by atoms with Crippen LogP contribution in [-0.2, 0) is 27.9 Å². The van der Waals surface area contributed by atoms with Gasteiger partial charge in [0.05, 0.1) is 36.5 Å². The first-order valence-corrected chi connectivity index (χ1v) is 16.2. The molecule has 6 bridgehead atoms. The third-order valence-corrected chi connectivity index (χ3v) is 9.08. The van der Waals surface area contributed by atoms with Crippen LogP contribution in [0.25, 0.3) is 22.2 Å². The van der Waals surface area contributed by atoms with E-state index in [0.29, 0.717) is 48.5 Å². The number of carbonyl (C=O) groups is 1. The number of hydrogen-bond acceptors (Lipinski definition) is 6. The highest BCUT2D eigenvalue weighted by atomic mass is 19.1. The van der Waals surface area contributed by atoms with Crippen molar-refractivity contribution in [3.63, 3.8) is 0 Å². The second-order valence-electron chi connectivity index (χ2n) is 13.3. The van der Waals surface area contributed by atoms with Gasteiger partial charge in [0, 0.05) is 58.7 Å². The fourth-order valence-electron chi connectivity index (χ4n) is 6.29. The van der Waals surface area contributed by atoms with Gasteiger partial charge in [0.25, 0.3) is 0 Å². The van der Waals surface area contributed by atoms with Crippen molar-refractivity contribution in [3.05, 3.63) is 113 Å². The van der Waals surface area contributed by atoms with Crippen LogP contribution in [0.1, 0.15) is 55.6 Å². The molecule has 2 atom stereocenters. The summed E-state index contributed by atoms with van der Waals surface area (Å²) in [5.74, 6) is -2.25. The molecule has 0 amide bonds. The van der Waals surface area contributed by atoms with Crippen LogP contribution < -0.4 is 4.74 Å². The summed E-state index contributed by atoms with van der Waals surface area (Å²) in [4.78, 5) is 14.6. The van der Waals surface area contributed by atoms with Crippen LogP contribution in [0.4, 0.5) is 8.78 Å². The zero-order valence-corrected chi connectivity index (χ0v) is 27.4. The Bertz CT molecular complexity index is 2150. The Morgan fingerprint density at radius 3 is 2.82 bits per heavy atom. The second kappa shape index (κ2) is 12.9. The van der Waals surface area contributed by atoms with Gasteiger partial charge in [-0.25, -0.2) is 13.5 Å². The molecule has 2 unspecified atom stereocenters. The Morgan fingerprint density at radius 2 is 1.98 bits per heavy atom. The van der Waals surface area contributed by atoms with Gasteiger partial charge in [0.2, 0.25) is 0 Å². The maximum Gasteiger partial charge on any atom is 0.306 e. The molecule has 0 spiro atoms. The first-order valence-electron chi connectivity index (χ1n) is 16.2. The molecule has 1 aliphatic rings. The molecule has 7 rings (SSSR count). The third kappa shape index (κ3) is 6.56. The number of H-pyrrole nitrogens is 1. The van der Waals surface area contributed by atoms with Crippen LogP contribution in [0.15, 0.2) is 79.3 Å². The van der Waals surface area contributed by atoms with Gasteiger partial charge in [-0.05, 0) is 54.3 Å². The number of rotatable bonds is 4. The summed E-state index contributed by atoms with van der Waals surface area (Å²) >= 11 is 0. The normalized spacial score (nSPS) is 17.0. The van der Waals surface area contributed by atoms with Crippen molar-refractivity contribution in [2.75, 3.05) is 13.2 Å². The molecule has 12 heteroatoms. The Hall–Kier alpha value is -5.36. The largest absolute Gasteiger partial charge is 0.481 e. The van der Waals surface area contributed by atoms with Crippen LogP contribution >= 0.6 is 0 Å². The van der Waals surface area contributed by atoms with Crippen molar-refractivity contribution in [1.29, 1.82) is 0 Å². The van der Waals surface area contributed by atoms with E-state index in [-0.39, 0.29) is 29.6 Å². The lowest BCUT2D eigenvalue weighted by molar-refractivity contribution is -0.141. The predicted molar refractivity (Wildman–Crippen MR) is 179 cm³/mol. The van der Waals surface area contributed by atoms with E-state index >= 15 is 8.78 Å². The van der Waals surface area contributed by atoms with Crippen molar-refractivity contribution in [1.82, 2.24) is 29.8 Å². The van der Waals surface area contributed by atoms with E-state index in [9.17, 15) is 9.90 Å². The monoisotopic (exact) mass is 666 g/mol. The smallest absolute Gasteiger partial charge is 0.306 e. The maximum absolute atomic E-state index is 15.7. The van der Waals surface area contributed by atoms with Gasteiger partial charge in [0.15, 0.2) is 11.6 Å². The topological polar surface area (TPSA) is 120 Å². The number of ether oxygens (including phenoxy) is 2. The molecule has 10 nitrogen and oxygen atoms in total. The number of aliphatic carboxylic acids is 1. The molecule has 49 heavy (non-hydrogen) atoms. The Morgan fingerprint density at radius 1 is 1.12 bits per heavy atom. The molecular weight excluding hydrogens is 630 g/mol. The molecule has 6 aromatic rings. The van der Waals surface area contributed by atoms with Gasteiger partial charge in [-0.2, -0.15) is 5.10 Å². The van der Waals surface area contributed by atoms with Gasteiger partial charge < -0.3 is 19.6 Å². The number of fused-ring (bicyclic) bond motifs is 10. The van der Waals surface area contributed by atoms with Crippen LogP contribution in [-0.4, -0.2) is 54.0 Å². The molecule has 252 valence electrons. The number of carboxylic acids is 1. The van der Waals surface area contributed by atoms with Crippen LogP contribution in [0.3, 0.4) is 0 Å². The van der Waals surface area contributed by atoms with Crippen molar-refractivity contribution in [2.24, 2.45) is 5.92 Å². The number of nitrogens with one attached hydrogen (secondary N) is 1. The molecule has 0 fully saturated rings. The Labute approximate surface area is 281 Å². The summed E-state index contributed by atoms with van der Waals surface area (Å²) in [5, 5.41) is 23.9. The highest BCUT2D eigenvalue weighted by molar-refractivity contribution is 5.85. The van der Waals surface area contributed by atoms with E-state index in [0.717, 1.165) is 16.5 Å². The van der Waals surface area contributed by atoms with Gasteiger partial charge in [0.1, 0.15) is 11.6 Å². The van der Waals surface area contributed by atoms with E-state index in [1.807, 2.05) is 50.4 Å². The fraction of sp³-hybridized carbons (Fsp3) is 0.297. The van der Waals surface area contributed by atoms with Crippen LogP contribution in [0.2, 0.25) is 0 Å². The maximum atomic E-state index is 15.7. The fourth-order valence-corrected chi connectivity index (χ4v) is 6.29. The van der Waals surface area contributed by atoms with Crippen LogP contribution in [0, 0.1) is 17.6 Å². The van der Waals surface area contributed by atoms with Crippen molar-refractivity contribution in [2.45, 2.75) is 51.6 Å². The highest BCUT2D eigenvalue weighted by Gasteiger charge is 2.27. The highest BCUT2D eigenvalue weighted by Crippen LogP contribution is 2.37. The number of benzene rings is 3. The standard InChI is InChI=1S/C37H36F2N6O4/c1-22(36(46)47)15-23-5-4-6-24(16-23)33-11-14-48-21-37(2,3)34-20-44(43-41-34)19-28-26-9-12-40-32(26)18-30(39)35(28)49-25-7-8-29(38)27(17-25)31-10-13-45(33)42-31/h4-10,12-13,16-18,20,22,33,40H,11,14-15,19,21H2,1-3H3,(H,46,47). The molecule has 3 aromatic carbocycles. The summed E-state index contributed by atoms with van der Waals surface area (Å²) in [6.07, 6.45) is 6.27. The van der Waals surface area contributed by atoms with Crippen molar-refractivity contribution in [3.8, 4) is 22.8 Å². The predicted octanol–water partition coefficient (Wildman–Crippen LogP) is 7.29. The van der Waals surface area contributed by atoms with Crippen molar-refractivity contribution < 1.29 is 28.2 Å². The zero-order chi connectivity index (χ0) is 34.3. The van der Waals surface area contributed by atoms with E-state index in [1.165, 1.54) is 24.3 Å². The summed E-state index contributed by atoms with van der Waals surface area (Å²) in [6.45, 7) is 6.64. The first-order chi connectivity index (χ1) is 23.6. The number of hydrogen-bond donors (Lipinski definition) is 2. The van der Waals surface area contributed by atoms with E-state index < -0.39 is 28.9 Å².